The second-order valence-electron chi connectivity index (χ2n) is 3.58. The Bertz CT molecular complexity index is 479. The lowest BCUT2D eigenvalue weighted by molar-refractivity contribution is 0.411. The summed E-state index contributed by atoms with van der Waals surface area (Å²) < 4.78 is 10.6. The Labute approximate surface area is 94.1 Å². The fraction of sp³-hybridized carbons (Fsp3) is 0.250. The van der Waals surface area contributed by atoms with Gasteiger partial charge in [-0.15, -0.1) is 0 Å². The Balaban J connectivity index is 2.29. The first kappa shape index (κ1) is 10.7. The largest absolute Gasteiger partial charge is 0.495 e. The van der Waals surface area contributed by atoms with Crippen LogP contribution in [0.1, 0.15) is 23.1 Å². The van der Waals surface area contributed by atoms with Crippen LogP contribution in [0.5, 0.6) is 5.75 Å². The van der Waals surface area contributed by atoms with Gasteiger partial charge in [0.15, 0.2) is 0 Å². The van der Waals surface area contributed by atoms with Crippen molar-refractivity contribution in [2.24, 2.45) is 5.73 Å². The maximum Gasteiger partial charge on any atom is 0.137 e. The molecule has 0 aliphatic carbocycles. The molecule has 16 heavy (non-hydrogen) atoms. The summed E-state index contributed by atoms with van der Waals surface area (Å²) in [5.41, 5.74) is 6.93. The zero-order valence-electron chi connectivity index (χ0n) is 9.31. The predicted octanol–water partition coefficient (Wildman–Crippen LogP) is 2.04. The molecule has 0 fully saturated rings. The topological polar surface area (TPSA) is 61.3 Å². The van der Waals surface area contributed by atoms with Gasteiger partial charge < -0.3 is 14.9 Å². The number of methoxy groups -OCH3 is 1. The lowest BCUT2D eigenvalue weighted by Crippen LogP contribution is -2.11. The summed E-state index contributed by atoms with van der Waals surface area (Å²) in [6.07, 6.45) is 3.36. The van der Waals surface area contributed by atoms with Crippen LogP contribution in [0.3, 0.4) is 0 Å². The summed E-state index contributed by atoms with van der Waals surface area (Å²) in [6.45, 7) is 1.89. The van der Waals surface area contributed by atoms with Crippen molar-refractivity contribution in [1.29, 1.82) is 0 Å². The van der Waals surface area contributed by atoms with Crippen molar-refractivity contribution in [2.75, 3.05) is 7.11 Å². The van der Waals surface area contributed by atoms with E-state index in [0.717, 1.165) is 17.1 Å². The van der Waals surface area contributed by atoms with Gasteiger partial charge in [-0.25, -0.2) is 0 Å². The van der Waals surface area contributed by atoms with Crippen LogP contribution < -0.4 is 10.5 Å². The van der Waals surface area contributed by atoms with Crippen molar-refractivity contribution in [3.63, 3.8) is 0 Å². The normalized spacial score (nSPS) is 12.4. The number of furan rings is 1. The highest BCUT2D eigenvalue weighted by atomic mass is 16.5. The summed E-state index contributed by atoms with van der Waals surface area (Å²) in [6, 6.07) is 5.31. The molecule has 1 atom stereocenters. The molecule has 0 spiro atoms. The van der Waals surface area contributed by atoms with Gasteiger partial charge in [-0.3, -0.25) is 4.98 Å². The average Bonchev–Trinajstić information content (AvgIpc) is 2.75. The molecular formula is C12H14N2O2. The maximum atomic E-state index is 6.06. The quantitative estimate of drug-likeness (QED) is 0.856. The van der Waals surface area contributed by atoms with Crippen LogP contribution in [0.2, 0.25) is 0 Å². The zero-order valence-corrected chi connectivity index (χ0v) is 9.31. The van der Waals surface area contributed by atoms with Crippen molar-refractivity contribution in [3.05, 3.63) is 47.7 Å². The van der Waals surface area contributed by atoms with Crippen LogP contribution in [0.15, 0.2) is 35.0 Å². The Morgan fingerprint density at radius 1 is 1.38 bits per heavy atom. The van der Waals surface area contributed by atoms with Gasteiger partial charge in [-0.2, -0.15) is 0 Å². The predicted molar refractivity (Wildman–Crippen MR) is 60.3 cm³/mol. The third kappa shape index (κ3) is 2.06. The number of aromatic nitrogens is 1. The maximum absolute atomic E-state index is 6.06. The molecule has 2 heterocycles. The highest BCUT2D eigenvalue weighted by Crippen LogP contribution is 2.23. The molecule has 84 valence electrons. The van der Waals surface area contributed by atoms with E-state index in [-0.39, 0.29) is 6.04 Å². The number of nitrogens with two attached hydrogens (primary N) is 1. The summed E-state index contributed by atoms with van der Waals surface area (Å²) in [5, 5.41) is 0. The lowest BCUT2D eigenvalue weighted by Gasteiger charge is -2.09. The first-order valence-corrected chi connectivity index (χ1v) is 5.01. The van der Waals surface area contributed by atoms with E-state index in [1.165, 1.54) is 0 Å². The van der Waals surface area contributed by atoms with E-state index in [1.54, 1.807) is 19.5 Å². The third-order valence-corrected chi connectivity index (χ3v) is 2.40. The van der Waals surface area contributed by atoms with E-state index in [4.69, 9.17) is 14.9 Å². The average molecular weight is 218 g/mol. The van der Waals surface area contributed by atoms with E-state index in [1.807, 2.05) is 25.1 Å². The molecule has 2 aromatic heterocycles. The Kier molecular flexibility index (Phi) is 2.92. The van der Waals surface area contributed by atoms with Crippen molar-refractivity contribution in [2.45, 2.75) is 13.0 Å². The number of ether oxygens (including phenoxy) is 1. The van der Waals surface area contributed by atoms with E-state index >= 15 is 0 Å². The molecular weight excluding hydrogens is 204 g/mol. The monoisotopic (exact) mass is 218 g/mol. The number of hydrogen-bond donors (Lipinski definition) is 1. The van der Waals surface area contributed by atoms with Gasteiger partial charge >= 0.3 is 0 Å². The fourth-order valence-electron chi connectivity index (χ4n) is 1.50. The third-order valence-electron chi connectivity index (χ3n) is 2.40. The minimum Gasteiger partial charge on any atom is -0.495 e. The van der Waals surface area contributed by atoms with E-state index in [9.17, 15) is 0 Å². The molecule has 4 heteroatoms. The first-order chi connectivity index (χ1) is 7.70. The number of pyridine rings is 1. The number of hydrogen-bond acceptors (Lipinski definition) is 4. The van der Waals surface area contributed by atoms with Crippen molar-refractivity contribution >= 4 is 0 Å². The van der Waals surface area contributed by atoms with Gasteiger partial charge in [0.25, 0.3) is 0 Å². The minimum atomic E-state index is -0.309. The Hall–Kier alpha value is -1.81. The van der Waals surface area contributed by atoms with Crippen LogP contribution in [0.4, 0.5) is 0 Å². The summed E-state index contributed by atoms with van der Waals surface area (Å²) in [7, 11) is 1.60. The molecule has 2 N–H and O–H groups in total. The molecule has 0 bridgehead atoms. The van der Waals surface area contributed by atoms with Gasteiger partial charge in [0, 0.05) is 6.20 Å². The lowest BCUT2D eigenvalue weighted by atomic mass is 10.1. The van der Waals surface area contributed by atoms with Crippen molar-refractivity contribution < 1.29 is 9.15 Å². The molecule has 0 aliphatic rings. The summed E-state index contributed by atoms with van der Waals surface area (Å²) >= 11 is 0. The zero-order chi connectivity index (χ0) is 11.5. The molecule has 0 aromatic carbocycles. The smallest absolute Gasteiger partial charge is 0.137 e. The molecule has 2 aromatic rings. The Morgan fingerprint density at radius 2 is 2.19 bits per heavy atom. The van der Waals surface area contributed by atoms with Crippen LogP contribution in [-0.4, -0.2) is 12.1 Å². The summed E-state index contributed by atoms with van der Waals surface area (Å²) in [5.74, 6) is 2.27. The van der Waals surface area contributed by atoms with Gasteiger partial charge in [0.2, 0.25) is 0 Å². The van der Waals surface area contributed by atoms with Crippen LogP contribution in [0, 0.1) is 6.92 Å². The van der Waals surface area contributed by atoms with Crippen molar-refractivity contribution in [3.8, 4) is 5.75 Å². The highest BCUT2D eigenvalue weighted by molar-refractivity contribution is 5.30. The van der Waals surface area contributed by atoms with Gasteiger partial charge in [-0.1, -0.05) is 0 Å². The number of nitrogens with zero attached hydrogens (tertiary/aromatic N) is 1. The number of rotatable bonds is 3. The molecule has 1 unspecified atom stereocenters. The van der Waals surface area contributed by atoms with Gasteiger partial charge in [-0.05, 0) is 30.7 Å². The molecule has 0 saturated carbocycles. The van der Waals surface area contributed by atoms with E-state index < -0.39 is 0 Å². The SMILES string of the molecule is COc1cncc(C(N)c2ccc(C)o2)c1. The fourth-order valence-corrected chi connectivity index (χ4v) is 1.50. The van der Waals surface area contributed by atoms with Gasteiger partial charge in [0.05, 0.1) is 19.3 Å². The Morgan fingerprint density at radius 3 is 2.81 bits per heavy atom. The highest BCUT2D eigenvalue weighted by Gasteiger charge is 2.13. The second-order valence-corrected chi connectivity index (χ2v) is 3.58. The molecule has 0 radical (unpaired) electrons. The minimum absolute atomic E-state index is 0.309. The van der Waals surface area contributed by atoms with Crippen LogP contribution in [-0.2, 0) is 0 Å². The molecule has 0 saturated heterocycles. The van der Waals surface area contributed by atoms with Gasteiger partial charge in [0.1, 0.15) is 17.3 Å². The first-order valence-electron chi connectivity index (χ1n) is 5.01. The molecule has 4 nitrogen and oxygen atoms in total. The van der Waals surface area contributed by atoms with E-state index in [0.29, 0.717) is 5.75 Å². The van der Waals surface area contributed by atoms with E-state index in [2.05, 4.69) is 4.98 Å². The molecule has 0 amide bonds. The molecule has 2 rings (SSSR count). The van der Waals surface area contributed by atoms with Crippen LogP contribution >= 0.6 is 0 Å². The second kappa shape index (κ2) is 4.37. The standard InChI is InChI=1S/C12H14N2O2/c1-8-3-4-11(16-8)12(13)9-5-10(15-2)7-14-6-9/h3-7,12H,13H2,1-2H3. The summed E-state index contributed by atoms with van der Waals surface area (Å²) in [4.78, 5) is 4.06. The van der Waals surface area contributed by atoms with Crippen molar-refractivity contribution in [1.82, 2.24) is 4.98 Å². The molecule has 0 aliphatic heterocycles. The number of aryl methyl sites for hydroxylation is 1. The van der Waals surface area contributed by atoms with Crippen LogP contribution in [0.25, 0.3) is 0 Å².